The molecule has 1 saturated heterocycles. The first kappa shape index (κ1) is 25.4. The molecule has 1 fully saturated rings. The summed E-state index contributed by atoms with van der Waals surface area (Å²) in [6.07, 6.45) is -5.54. The molecular weight excluding hydrogens is 478 g/mol. The van der Waals surface area contributed by atoms with Crippen molar-refractivity contribution in [3.05, 3.63) is 71.5 Å². The average Bonchev–Trinajstić information content (AvgIpc) is 3.06. The number of H-pyrrole nitrogens is 1. The van der Waals surface area contributed by atoms with E-state index >= 15 is 0 Å². The molecule has 1 aliphatic rings. The minimum atomic E-state index is -1.55. The SMILES string of the molecule is Cc1cn([C@@H]2O[C@H](COC(=O)OCC(C)c3cc(Cl)ccc3[N+](=O)[O-])C(O)C2O)c(=O)[nH]c1=O. The zero-order chi connectivity index (χ0) is 25.2. The van der Waals surface area contributed by atoms with Gasteiger partial charge in [0.2, 0.25) is 0 Å². The van der Waals surface area contributed by atoms with E-state index in [1.807, 2.05) is 0 Å². The minimum Gasteiger partial charge on any atom is -0.434 e. The van der Waals surface area contributed by atoms with E-state index in [9.17, 15) is 34.7 Å². The number of halogens is 1. The molecule has 2 aromatic rings. The lowest BCUT2D eigenvalue weighted by Gasteiger charge is -2.17. The third-order valence-corrected chi connectivity index (χ3v) is 5.53. The first-order valence-corrected chi connectivity index (χ1v) is 10.4. The van der Waals surface area contributed by atoms with Gasteiger partial charge in [0.25, 0.3) is 11.2 Å². The molecule has 0 saturated carbocycles. The smallest absolute Gasteiger partial charge is 0.434 e. The van der Waals surface area contributed by atoms with Crippen LogP contribution in [-0.2, 0) is 14.2 Å². The van der Waals surface area contributed by atoms with E-state index in [0.29, 0.717) is 0 Å². The number of nitrogens with zero attached hydrogens (tertiary/aromatic N) is 2. The van der Waals surface area contributed by atoms with Gasteiger partial charge >= 0.3 is 11.8 Å². The van der Waals surface area contributed by atoms with E-state index in [1.165, 1.54) is 31.3 Å². The first-order valence-electron chi connectivity index (χ1n) is 10.1. The lowest BCUT2D eigenvalue weighted by molar-refractivity contribution is -0.385. The van der Waals surface area contributed by atoms with Crippen LogP contribution >= 0.6 is 11.6 Å². The number of carbonyl (C=O) groups excluding carboxylic acids is 1. The summed E-state index contributed by atoms with van der Waals surface area (Å²) in [5.74, 6) is -0.582. The van der Waals surface area contributed by atoms with E-state index in [2.05, 4.69) is 4.98 Å². The zero-order valence-corrected chi connectivity index (χ0v) is 18.8. The number of aromatic amines is 1. The topological polar surface area (TPSA) is 183 Å². The van der Waals surface area contributed by atoms with Crippen LogP contribution in [0.5, 0.6) is 0 Å². The molecule has 1 aliphatic heterocycles. The molecule has 13 nitrogen and oxygen atoms in total. The fourth-order valence-corrected chi connectivity index (χ4v) is 3.61. The predicted molar refractivity (Wildman–Crippen MR) is 116 cm³/mol. The third-order valence-electron chi connectivity index (χ3n) is 5.29. The van der Waals surface area contributed by atoms with Gasteiger partial charge in [-0.25, -0.2) is 9.59 Å². The van der Waals surface area contributed by atoms with Gasteiger partial charge in [-0.2, -0.15) is 0 Å². The molecule has 184 valence electrons. The Morgan fingerprint density at radius 2 is 2.03 bits per heavy atom. The van der Waals surface area contributed by atoms with Gasteiger partial charge in [0.15, 0.2) is 6.23 Å². The van der Waals surface area contributed by atoms with Crippen molar-refractivity contribution in [1.29, 1.82) is 0 Å². The second-order valence-electron chi connectivity index (χ2n) is 7.76. The Morgan fingerprint density at radius 3 is 2.71 bits per heavy atom. The molecular formula is C20H22ClN3O10. The molecule has 0 spiro atoms. The van der Waals surface area contributed by atoms with Crippen LogP contribution < -0.4 is 11.2 Å². The fraction of sp³-hybridized carbons (Fsp3) is 0.450. The number of aliphatic hydroxyl groups is 2. The maximum atomic E-state index is 12.0. The molecule has 3 rings (SSSR count). The van der Waals surface area contributed by atoms with Crippen molar-refractivity contribution >= 4 is 23.4 Å². The van der Waals surface area contributed by atoms with Crippen molar-refractivity contribution in [2.45, 2.75) is 44.3 Å². The summed E-state index contributed by atoms with van der Waals surface area (Å²) in [5, 5.41) is 32.0. The Bertz CT molecular complexity index is 1200. The second kappa shape index (κ2) is 10.3. The van der Waals surface area contributed by atoms with Crippen LogP contribution in [0.15, 0.2) is 34.0 Å². The Morgan fingerprint density at radius 1 is 1.32 bits per heavy atom. The van der Waals surface area contributed by atoms with Gasteiger partial charge in [-0.3, -0.25) is 24.5 Å². The summed E-state index contributed by atoms with van der Waals surface area (Å²) in [6, 6.07) is 4.04. The number of hydrogen-bond acceptors (Lipinski definition) is 10. The second-order valence-corrected chi connectivity index (χ2v) is 8.19. The van der Waals surface area contributed by atoms with Gasteiger partial charge < -0.3 is 24.4 Å². The predicted octanol–water partition coefficient (Wildman–Crippen LogP) is 0.983. The monoisotopic (exact) mass is 499 g/mol. The summed E-state index contributed by atoms with van der Waals surface area (Å²) >= 11 is 5.91. The van der Waals surface area contributed by atoms with Crippen LogP contribution in [0.25, 0.3) is 0 Å². The van der Waals surface area contributed by atoms with Crippen LogP contribution in [-0.4, -0.2) is 62.4 Å². The van der Waals surface area contributed by atoms with Crippen LogP contribution in [0.1, 0.15) is 30.2 Å². The summed E-state index contributed by atoms with van der Waals surface area (Å²) in [7, 11) is 0. The van der Waals surface area contributed by atoms with Crippen molar-refractivity contribution in [2.75, 3.05) is 13.2 Å². The number of rotatable bonds is 7. The minimum absolute atomic E-state index is 0.177. The molecule has 14 heteroatoms. The number of carbonyl (C=O) groups is 1. The van der Waals surface area contributed by atoms with E-state index in [4.69, 9.17) is 25.8 Å². The lowest BCUT2D eigenvalue weighted by atomic mass is 10.0. The van der Waals surface area contributed by atoms with E-state index in [1.54, 1.807) is 6.92 Å². The van der Waals surface area contributed by atoms with Crippen LogP contribution in [0.3, 0.4) is 0 Å². The molecule has 2 heterocycles. The zero-order valence-electron chi connectivity index (χ0n) is 18.0. The Hall–Kier alpha value is -3.26. The molecule has 34 heavy (non-hydrogen) atoms. The number of aryl methyl sites for hydroxylation is 1. The van der Waals surface area contributed by atoms with Crippen molar-refractivity contribution in [3.8, 4) is 0 Å². The summed E-state index contributed by atoms with van der Waals surface area (Å²) in [5.41, 5.74) is -1.18. The highest BCUT2D eigenvalue weighted by Crippen LogP contribution is 2.30. The van der Waals surface area contributed by atoms with Gasteiger partial charge in [-0.15, -0.1) is 0 Å². The number of aliphatic hydroxyl groups excluding tert-OH is 2. The normalized spacial score (nSPS) is 22.9. The van der Waals surface area contributed by atoms with Crippen LogP contribution in [0, 0.1) is 17.0 Å². The number of nitrogens with one attached hydrogen (secondary N) is 1. The number of aromatic nitrogens is 2. The van der Waals surface area contributed by atoms with Gasteiger partial charge in [-0.05, 0) is 19.1 Å². The van der Waals surface area contributed by atoms with Gasteiger partial charge in [0.05, 0.1) is 4.92 Å². The van der Waals surface area contributed by atoms with Crippen molar-refractivity contribution in [3.63, 3.8) is 0 Å². The lowest BCUT2D eigenvalue weighted by Crippen LogP contribution is -2.38. The van der Waals surface area contributed by atoms with Crippen molar-refractivity contribution < 1.29 is 34.1 Å². The number of hydrogen-bond donors (Lipinski definition) is 3. The summed E-state index contributed by atoms with van der Waals surface area (Å²) < 4.78 is 16.3. The number of nitro groups is 1. The maximum Gasteiger partial charge on any atom is 0.508 e. The fourth-order valence-electron chi connectivity index (χ4n) is 3.43. The molecule has 0 amide bonds. The number of nitro benzene ring substituents is 1. The molecule has 0 radical (unpaired) electrons. The standard InChI is InChI=1S/C20H22ClN3O10/c1-9-6-23(19(28)22-17(9)27)18-16(26)15(25)14(34-18)8-33-20(29)32-7-10(2)12-5-11(21)3-4-13(12)24(30)31/h3-6,10,14-16,18,25-26H,7-8H2,1-2H3,(H,22,27,28)/t10?,14-,15?,16?,18-/m1/s1. The molecule has 0 bridgehead atoms. The molecule has 0 aliphatic carbocycles. The molecule has 5 atom stereocenters. The van der Waals surface area contributed by atoms with Crippen LogP contribution in [0.4, 0.5) is 10.5 Å². The molecule has 1 aromatic carbocycles. The first-order chi connectivity index (χ1) is 16.0. The molecule has 3 unspecified atom stereocenters. The highest BCUT2D eigenvalue weighted by atomic mass is 35.5. The summed E-state index contributed by atoms with van der Waals surface area (Å²) in [4.78, 5) is 48.3. The third kappa shape index (κ3) is 5.44. The summed E-state index contributed by atoms with van der Waals surface area (Å²) in [6.45, 7) is 2.27. The van der Waals surface area contributed by atoms with Gasteiger partial charge in [-0.1, -0.05) is 18.5 Å². The molecule has 3 N–H and O–H groups in total. The molecule has 1 aromatic heterocycles. The van der Waals surface area contributed by atoms with Crippen LogP contribution in [0.2, 0.25) is 5.02 Å². The average molecular weight is 500 g/mol. The Labute approximate surface area is 196 Å². The number of benzene rings is 1. The highest BCUT2D eigenvalue weighted by Gasteiger charge is 2.44. The van der Waals surface area contributed by atoms with E-state index in [0.717, 1.165) is 4.57 Å². The van der Waals surface area contributed by atoms with E-state index < -0.39 is 59.4 Å². The largest absolute Gasteiger partial charge is 0.508 e. The Kier molecular flexibility index (Phi) is 7.71. The van der Waals surface area contributed by atoms with Gasteiger partial charge in [0, 0.05) is 34.3 Å². The Balaban J connectivity index is 1.58. The number of ether oxygens (including phenoxy) is 3. The van der Waals surface area contributed by atoms with Crippen molar-refractivity contribution in [1.82, 2.24) is 9.55 Å². The maximum absolute atomic E-state index is 12.0. The highest BCUT2D eigenvalue weighted by molar-refractivity contribution is 6.30. The van der Waals surface area contributed by atoms with Gasteiger partial charge in [0.1, 0.15) is 31.5 Å². The quantitative estimate of drug-likeness (QED) is 0.282. The van der Waals surface area contributed by atoms with E-state index in [-0.39, 0.29) is 28.4 Å². The van der Waals surface area contributed by atoms with Crippen molar-refractivity contribution in [2.24, 2.45) is 0 Å².